The van der Waals surface area contributed by atoms with Crippen LogP contribution in [0.4, 0.5) is 0 Å². The van der Waals surface area contributed by atoms with Crippen molar-refractivity contribution in [2.45, 2.75) is 37.5 Å². The van der Waals surface area contributed by atoms with Gasteiger partial charge in [0.2, 0.25) is 0 Å². The van der Waals surface area contributed by atoms with Crippen LogP contribution in [0.2, 0.25) is 0 Å². The van der Waals surface area contributed by atoms with E-state index >= 15 is 0 Å². The third-order valence-corrected chi connectivity index (χ3v) is 3.59. The molecule has 0 aromatic rings. The Morgan fingerprint density at radius 1 is 1.62 bits per heavy atom. The summed E-state index contributed by atoms with van der Waals surface area (Å²) >= 11 is 1.93. The number of nitrogens with two attached hydrogens (primary N) is 1. The van der Waals surface area contributed by atoms with Crippen molar-refractivity contribution in [3.8, 4) is 0 Å². The fourth-order valence-electron chi connectivity index (χ4n) is 1.78. The molecular weight excluding hydrogens is 182 g/mol. The van der Waals surface area contributed by atoms with Gasteiger partial charge in [0.25, 0.3) is 0 Å². The van der Waals surface area contributed by atoms with Gasteiger partial charge in [0.15, 0.2) is 5.96 Å². The molecular formula is C9H19N3S. The number of nitrogens with one attached hydrogen (secondary N) is 1. The van der Waals surface area contributed by atoms with E-state index in [-0.39, 0.29) is 0 Å². The summed E-state index contributed by atoms with van der Waals surface area (Å²) in [7, 11) is 0. The highest BCUT2D eigenvalue weighted by molar-refractivity contribution is 7.99. The molecule has 0 spiro atoms. The molecule has 2 atom stereocenters. The fourth-order valence-corrected chi connectivity index (χ4v) is 2.71. The summed E-state index contributed by atoms with van der Waals surface area (Å²) in [5, 5.41) is 4.00. The smallest absolute Gasteiger partial charge is 0.188 e. The molecule has 13 heavy (non-hydrogen) atoms. The first-order chi connectivity index (χ1) is 6.27. The van der Waals surface area contributed by atoms with Gasteiger partial charge >= 0.3 is 0 Å². The SMILES string of the molecule is CCN=C(N)NC1CCCC1SC. The number of hydrogen-bond acceptors (Lipinski definition) is 2. The molecule has 0 aliphatic heterocycles. The lowest BCUT2D eigenvalue weighted by Gasteiger charge is -2.19. The first-order valence-electron chi connectivity index (χ1n) is 4.87. The lowest BCUT2D eigenvalue weighted by Crippen LogP contribution is -2.43. The molecule has 0 aromatic carbocycles. The predicted molar refractivity (Wildman–Crippen MR) is 60.2 cm³/mol. The van der Waals surface area contributed by atoms with Crippen molar-refractivity contribution in [1.29, 1.82) is 0 Å². The van der Waals surface area contributed by atoms with Crippen molar-refractivity contribution in [2.75, 3.05) is 12.8 Å². The number of thioether (sulfide) groups is 1. The van der Waals surface area contributed by atoms with Gasteiger partial charge in [-0.1, -0.05) is 6.42 Å². The Hall–Kier alpha value is -0.380. The van der Waals surface area contributed by atoms with E-state index in [2.05, 4.69) is 16.6 Å². The minimum atomic E-state index is 0.533. The highest BCUT2D eigenvalue weighted by atomic mass is 32.2. The summed E-state index contributed by atoms with van der Waals surface area (Å²) in [6, 6.07) is 0.533. The van der Waals surface area contributed by atoms with Gasteiger partial charge in [0.1, 0.15) is 0 Å². The first kappa shape index (κ1) is 10.7. The van der Waals surface area contributed by atoms with Crippen LogP contribution < -0.4 is 11.1 Å². The van der Waals surface area contributed by atoms with Crippen LogP contribution in [-0.4, -0.2) is 30.1 Å². The number of rotatable bonds is 3. The molecule has 1 fully saturated rings. The second-order valence-corrected chi connectivity index (χ2v) is 4.39. The van der Waals surface area contributed by atoms with E-state index < -0.39 is 0 Å². The Morgan fingerprint density at radius 3 is 3.00 bits per heavy atom. The lowest BCUT2D eigenvalue weighted by molar-refractivity contribution is 0.637. The molecule has 4 heteroatoms. The van der Waals surface area contributed by atoms with Gasteiger partial charge in [0.05, 0.1) is 0 Å². The average Bonchev–Trinajstić information content (AvgIpc) is 2.52. The van der Waals surface area contributed by atoms with Crippen LogP contribution in [0.5, 0.6) is 0 Å². The Labute approximate surface area is 84.6 Å². The summed E-state index contributed by atoms with van der Waals surface area (Å²) in [6.45, 7) is 2.75. The van der Waals surface area contributed by atoms with Gasteiger partial charge in [-0.2, -0.15) is 11.8 Å². The molecule has 1 aliphatic rings. The summed E-state index contributed by atoms with van der Waals surface area (Å²) in [4.78, 5) is 4.13. The highest BCUT2D eigenvalue weighted by Crippen LogP contribution is 2.28. The molecule has 1 rings (SSSR count). The van der Waals surface area contributed by atoms with E-state index in [9.17, 15) is 0 Å². The molecule has 0 amide bonds. The van der Waals surface area contributed by atoms with Gasteiger partial charge in [-0.05, 0) is 26.0 Å². The van der Waals surface area contributed by atoms with Crippen LogP contribution in [0, 0.1) is 0 Å². The maximum atomic E-state index is 5.71. The second kappa shape index (κ2) is 5.37. The van der Waals surface area contributed by atoms with E-state index in [1.165, 1.54) is 19.3 Å². The predicted octanol–water partition coefficient (Wildman–Crippen LogP) is 1.19. The van der Waals surface area contributed by atoms with Crippen LogP contribution in [0.3, 0.4) is 0 Å². The van der Waals surface area contributed by atoms with E-state index in [4.69, 9.17) is 5.73 Å². The summed E-state index contributed by atoms with van der Waals surface area (Å²) in [5.41, 5.74) is 5.71. The number of guanidine groups is 1. The quantitative estimate of drug-likeness (QED) is 0.533. The highest BCUT2D eigenvalue weighted by Gasteiger charge is 2.26. The first-order valence-corrected chi connectivity index (χ1v) is 6.16. The normalized spacial score (nSPS) is 29.2. The third kappa shape index (κ3) is 3.10. The van der Waals surface area contributed by atoms with Crippen molar-refractivity contribution in [1.82, 2.24) is 5.32 Å². The maximum absolute atomic E-state index is 5.71. The van der Waals surface area contributed by atoms with E-state index in [0.29, 0.717) is 17.3 Å². The Kier molecular flexibility index (Phi) is 4.42. The molecule has 2 unspecified atom stereocenters. The molecule has 0 bridgehead atoms. The van der Waals surface area contributed by atoms with Crippen LogP contribution >= 0.6 is 11.8 Å². The van der Waals surface area contributed by atoms with Crippen molar-refractivity contribution >= 4 is 17.7 Å². The fraction of sp³-hybridized carbons (Fsp3) is 0.889. The van der Waals surface area contributed by atoms with E-state index in [1.807, 2.05) is 18.7 Å². The molecule has 0 aromatic heterocycles. The molecule has 0 heterocycles. The minimum Gasteiger partial charge on any atom is -0.370 e. The van der Waals surface area contributed by atoms with Crippen molar-refractivity contribution in [3.05, 3.63) is 0 Å². The minimum absolute atomic E-state index is 0.533. The van der Waals surface area contributed by atoms with Gasteiger partial charge in [-0.3, -0.25) is 4.99 Å². The number of aliphatic imine (C=N–C) groups is 1. The summed E-state index contributed by atoms with van der Waals surface area (Å²) in [6.07, 6.45) is 6.00. The van der Waals surface area contributed by atoms with Crippen molar-refractivity contribution in [3.63, 3.8) is 0 Å². The summed E-state index contributed by atoms with van der Waals surface area (Å²) in [5.74, 6) is 0.605. The van der Waals surface area contributed by atoms with Crippen LogP contribution in [0.25, 0.3) is 0 Å². The van der Waals surface area contributed by atoms with E-state index in [1.54, 1.807) is 0 Å². The van der Waals surface area contributed by atoms with Gasteiger partial charge in [0, 0.05) is 17.8 Å². The number of hydrogen-bond donors (Lipinski definition) is 2. The van der Waals surface area contributed by atoms with Crippen LogP contribution in [0.1, 0.15) is 26.2 Å². The molecule has 0 radical (unpaired) electrons. The zero-order chi connectivity index (χ0) is 9.68. The standard InChI is InChI=1S/C9H19N3S/c1-3-11-9(10)12-7-5-4-6-8(7)13-2/h7-8H,3-6H2,1-2H3,(H3,10,11,12). The molecule has 1 aliphatic carbocycles. The summed E-state index contributed by atoms with van der Waals surface area (Å²) < 4.78 is 0. The number of nitrogens with zero attached hydrogens (tertiary/aromatic N) is 1. The van der Waals surface area contributed by atoms with Gasteiger partial charge < -0.3 is 11.1 Å². The monoisotopic (exact) mass is 201 g/mol. The zero-order valence-corrected chi connectivity index (χ0v) is 9.23. The molecule has 3 N–H and O–H groups in total. The Balaban J connectivity index is 2.39. The zero-order valence-electron chi connectivity index (χ0n) is 8.42. The van der Waals surface area contributed by atoms with Crippen molar-refractivity contribution < 1.29 is 0 Å². The van der Waals surface area contributed by atoms with Crippen LogP contribution in [-0.2, 0) is 0 Å². The van der Waals surface area contributed by atoms with Gasteiger partial charge in [-0.15, -0.1) is 0 Å². The largest absolute Gasteiger partial charge is 0.370 e. The topological polar surface area (TPSA) is 50.4 Å². The maximum Gasteiger partial charge on any atom is 0.188 e. The van der Waals surface area contributed by atoms with Crippen molar-refractivity contribution in [2.24, 2.45) is 10.7 Å². The Bertz CT molecular complexity index is 182. The third-order valence-electron chi connectivity index (χ3n) is 2.42. The second-order valence-electron chi connectivity index (χ2n) is 3.32. The average molecular weight is 201 g/mol. The van der Waals surface area contributed by atoms with E-state index in [0.717, 1.165) is 6.54 Å². The molecule has 76 valence electrons. The lowest BCUT2D eigenvalue weighted by atomic mass is 10.2. The van der Waals surface area contributed by atoms with Crippen LogP contribution in [0.15, 0.2) is 4.99 Å². The molecule has 0 saturated heterocycles. The molecule has 1 saturated carbocycles. The Morgan fingerprint density at radius 2 is 2.38 bits per heavy atom. The molecule has 3 nitrogen and oxygen atoms in total. The van der Waals surface area contributed by atoms with Gasteiger partial charge in [-0.25, -0.2) is 0 Å².